The lowest BCUT2D eigenvalue weighted by Gasteiger charge is -2.31. The van der Waals surface area contributed by atoms with Gasteiger partial charge in [-0.15, -0.1) is 0 Å². The van der Waals surface area contributed by atoms with Gasteiger partial charge in [0.15, 0.2) is 0 Å². The molecule has 6 nitrogen and oxygen atoms in total. The summed E-state index contributed by atoms with van der Waals surface area (Å²) in [5.41, 5.74) is 14.0. The first-order valence-electron chi connectivity index (χ1n) is 9.36. The number of amides is 2. The fraction of sp³-hybridized carbons (Fsp3) is 0.273. The Labute approximate surface area is 164 Å². The molecule has 0 saturated carbocycles. The van der Waals surface area contributed by atoms with Gasteiger partial charge in [0.25, 0.3) is 5.91 Å². The number of nitrogens with two attached hydrogens (primary N) is 2. The summed E-state index contributed by atoms with van der Waals surface area (Å²) in [7, 11) is 0. The van der Waals surface area contributed by atoms with Gasteiger partial charge in [0.05, 0.1) is 5.56 Å². The van der Waals surface area contributed by atoms with E-state index >= 15 is 0 Å². The molecule has 0 aliphatic carbocycles. The molecule has 0 bridgehead atoms. The first-order valence-corrected chi connectivity index (χ1v) is 9.36. The maximum absolute atomic E-state index is 12.5. The van der Waals surface area contributed by atoms with E-state index in [4.69, 9.17) is 11.5 Å². The second-order valence-corrected chi connectivity index (χ2v) is 7.02. The standard InChI is InChI=1S/C22H25N3O3/c23-14-16-2-1-3-18(12-16)17-8-10-25(11-9-17)21(27)7-5-15-4-6-20(26)19(13-15)22(24)28/h1-7,12-13,17,26H,8-11,14,23H2,(H2,24,28)/b7-5+. The van der Waals surface area contributed by atoms with Crippen LogP contribution in [0, 0.1) is 0 Å². The number of piperidine rings is 1. The number of nitrogens with zero attached hydrogens (tertiary/aromatic N) is 1. The zero-order chi connectivity index (χ0) is 20.1. The van der Waals surface area contributed by atoms with E-state index in [2.05, 4.69) is 12.1 Å². The van der Waals surface area contributed by atoms with Crippen molar-refractivity contribution in [2.75, 3.05) is 13.1 Å². The third-order valence-electron chi connectivity index (χ3n) is 5.17. The number of hydrogen-bond acceptors (Lipinski definition) is 4. The molecule has 1 aliphatic heterocycles. The molecule has 0 spiro atoms. The molecule has 0 atom stereocenters. The molecule has 0 aromatic heterocycles. The fourth-order valence-corrected chi connectivity index (χ4v) is 3.53. The van der Waals surface area contributed by atoms with Gasteiger partial charge in [-0.2, -0.15) is 0 Å². The molecule has 2 aromatic rings. The summed E-state index contributed by atoms with van der Waals surface area (Å²) in [6.45, 7) is 1.93. The maximum atomic E-state index is 12.5. The van der Waals surface area contributed by atoms with E-state index in [9.17, 15) is 14.7 Å². The minimum Gasteiger partial charge on any atom is -0.507 e. The van der Waals surface area contributed by atoms with Crippen molar-refractivity contribution in [3.05, 3.63) is 70.8 Å². The molecule has 5 N–H and O–H groups in total. The number of carbonyl (C=O) groups is 2. The van der Waals surface area contributed by atoms with Gasteiger partial charge in [-0.05, 0) is 53.7 Å². The molecule has 146 valence electrons. The minimum absolute atomic E-state index is 0.0372. The van der Waals surface area contributed by atoms with Gasteiger partial charge in [-0.1, -0.05) is 30.3 Å². The Balaban J connectivity index is 1.60. The largest absolute Gasteiger partial charge is 0.507 e. The van der Waals surface area contributed by atoms with Crippen molar-refractivity contribution in [1.29, 1.82) is 0 Å². The molecular formula is C22H25N3O3. The smallest absolute Gasteiger partial charge is 0.252 e. The molecule has 1 saturated heterocycles. The van der Waals surface area contributed by atoms with Gasteiger partial charge in [0.1, 0.15) is 5.75 Å². The SMILES string of the molecule is NCc1cccc(C2CCN(C(=O)/C=C/c3ccc(O)c(C(N)=O)c3)CC2)c1. The Morgan fingerprint density at radius 3 is 2.57 bits per heavy atom. The summed E-state index contributed by atoms with van der Waals surface area (Å²) in [5, 5.41) is 9.63. The lowest BCUT2D eigenvalue weighted by atomic mass is 9.88. The first-order chi connectivity index (χ1) is 13.5. The average Bonchev–Trinajstić information content (AvgIpc) is 2.73. The van der Waals surface area contributed by atoms with Crippen LogP contribution in [0.15, 0.2) is 48.5 Å². The van der Waals surface area contributed by atoms with Gasteiger partial charge in [0, 0.05) is 25.7 Å². The Morgan fingerprint density at radius 2 is 1.89 bits per heavy atom. The molecule has 0 unspecified atom stereocenters. The van der Waals surface area contributed by atoms with Crippen LogP contribution in [-0.2, 0) is 11.3 Å². The molecule has 1 aliphatic rings. The topological polar surface area (TPSA) is 110 Å². The molecular weight excluding hydrogens is 354 g/mol. The number of likely N-dealkylation sites (tertiary alicyclic amines) is 1. The molecule has 1 heterocycles. The van der Waals surface area contributed by atoms with E-state index in [1.165, 1.54) is 23.8 Å². The number of hydrogen-bond donors (Lipinski definition) is 3. The van der Waals surface area contributed by atoms with Crippen LogP contribution in [-0.4, -0.2) is 34.9 Å². The van der Waals surface area contributed by atoms with Crippen molar-refractivity contribution in [3.8, 4) is 5.75 Å². The normalized spacial score (nSPS) is 15.1. The zero-order valence-corrected chi connectivity index (χ0v) is 15.7. The Hall–Kier alpha value is -3.12. The molecule has 1 fully saturated rings. The van der Waals surface area contributed by atoms with Crippen LogP contribution in [0.1, 0.15) is 45.8 Å². The van der Waals surface area contributed by atoms with Crippen molar-refractivity contribution >= 4 is 17.9 Å². The van der Waals surface area contributed by atoms with Gasteiger partial charge < -0.3 is 21.5 Å². The van der Waals surface area contributed by atoms with E-state index in [1.54, 1.807) is 12.1 Å². The quantitative estimate of drug-likeness (QED) is 0.693. The molecule has 3 rings (SSSR count). The minimum atomic E-state index is -0.708. The second-order valence-electron chi connectivity index (χ2n) is 7.02. The molecule has 0 radical (unpaired) electrons. The van der Waals surface area contributed by atoms with Crippen LogP contribution in [0.25, 0.3) is 6.08 Å². The summed E-state index contributed by atoms with van der Waals surface area (Å²) >= 11 is 0. The summed E-state index contributed by atoms with van der Waals surface area (Å²) in [5.74, 6) is -0.505. The molecule has 2 aromatic carbocycles. The predicted octanol–water partition coefficient (Wildman–Crippen LogP) is 2.37. The molecule has 2 amide bonds. The average molecular weight is 379 g/mol. The lowest BCUT2D eigenvalue weighted by Crippen LogP contribution is -2.36. The third-order valence-corrected chi connectivity index (χ3v) is 5.17. The lowest BCUT2D eigenvalue weighted by molar-refractivity contribution is -0.126. The maximum Gasteiger partial charge on any atom is 0.252 e. The number of aromatic hydroxyl groups is 1. The van der Waals surface area contributed by atoms with Crippen LogP contribution < -0.4 is 11.5 Å². The highest BCUT2D eigenvalue weighted by Crippen LogP contribution is 2.28. The molecule has 6 heteroatoms. The van der Waals surface area contributed by atoms with Crippen LogP contribution in [0.4, 0.5) is 0 Å². The van der Waals surface area contributed by atoms with Crippen molar-refractivity contribution in [1.82, 2.24) is 4.90 Å². The fourth-order valence-electron chi connectivity index (χ4n) is 3.53. The van der Waals surface area contributed by atoms with Crippen molar-refractivity contribution in [3.63, 3.8) is 0 Å². The second kappa shape index (κ2) is 8.71. The summed E-state index contributed by atoms with van der Waals surface area (Å²) in [4.78, 5) is 25.6. The van der Waals surface area contributed by atoms with E-state index in [0.717, 1.165) is 18.4 Å². The van der Waals surface area contributed by atoms with Crippen LogP contribution in [0.3, 0.4) is 0 Å². The number of primary amides is 1. The highest BCUT2D eigenvalue weighted by Gasteiger charge is 2.22. The number of phenols is 1. The van der Waals surface area contributed by atoms with Crippen LogP contribution in [0.5, 0.6) is 5.75 Å². The molecule has 28 heavy (non-hydrogen) atoms. The van der Waals surface area contributed by atoms with Gasteiger partial charge in [0.2, 0.25) is 5.91 Å². The van der Waals surface area contributed by atoms with Crippen molar-refractivity contribution in [2.45, 2.75) is 25.3 Å². The summed E-state index contributed by atoms with van der Waals surface area (Å²) in [6.07, 6.45) is 4.95. The number of benzene rings is 2. The highest BCUT2D eigenvalue weighted by molar-refractivity contribution is 5.97. The monoisotopic (exact) mass is 379 g/mol. The third kappa shape index (κ3) is 4.58. The van der Waals surface area contributed by atoms with Gasteiger partial charge >= 0.3 is 0 Å². The summed E-state index contributed by atoms with van der Waals surface area (Å²) in [6, 6.07) is 12.8. The van der Waals surface area contributed by atoms with E-state index in [0.29, 0.717) is 31.1 Å². The van der Waals surface area contributed by atoms with Crippen LogP contribution >= 0.6 is 0 Å². The number of carbonyl (C=O) groups excluding carboxylic acids is 2. The van der Waals surface area contributed by atoms with E-state index < -0.39 is 5.91 Å². The van der Waals surface area contributed by atoms with Gasteiger partial charge in [-0.25, -0.2) is 0 Å². The van der Waals surface area contributed by atoms with E-state index in [1.807, 2.05) is 17.0 Å². The van der Waals surface area contributed by atoms with Gasteiger partial charge in [-0.3, -0.25) is 9.59 Å². The number of rotatable bonds is 5. The van der Waals surface area contributed by atoms with E-state index in [-0.39, 0.29) is 17.2 Å². The Bertz CT molecular complexity index is 900. The summed E-state index contributed by atoms with van der Waals surface area (Å²) < 4.78 is 0. The van der Waals surface area contributed by atoms with Crippen molar-refractivity contribution in [2.24, 2.45) is 11.5 Å². The Morgan fingerprint density at radius 1 is 1.14 bits per heavy atom. The zero-order valence-electron chi connectivity index (χ0n) is 15.7. The first kappa shape index (κ1) is 19.6. The van der Waals surface area contributed by atoms with Crippen LogP contribution in [0.2, 0.25) is 0 Å². The highest BCUT2D eigenvalue weighted by atomic mass is 16.3. The van der Waals surface area contributed by atoms with Crippen molar-refractivity contribution < 1.29 is 14.7 Å². The predicted molar refractivity (Wildman–Crippen MR) is 109 cm³/mol. The Kier molecular flexibility index (Phi) is 6.11.